The van der Waals surface area contributed by atoms with Crippen molar-refractivity contribution in [3.8, 4) is 11.5 Å². The van der Waals surface area contributed by atoms with Gasteiger partial charge in [-0.05, 0) is 30.3 Å². The Morgan fingerprint density at radius 1 is 0.889 bits per heavy atom. The number of anilines is 4. The van der Waals surface area contributed by atoms with Crippen LogP contribution in [-0.4, -0.2) is 30.2 Å². The molecule has 1 aromatic heterocycles. The standard InChI is InChI=1S/C24H19F4N5O3/c1-35-15-9-14(10-16(11-15)36-2)31-22-17-4-3-5-20(21(17)29-12-30-22)33-23(34)32-19-7-6-13(25)8-18(19)24(26,27)28/h3-12H,1-2H3,(H,29,30,31)(H2,32,33,34). The van der Waals surface area contributed by atoms with Gasteiger partial charge in [-0.3, -0.25) is 0 Å². The van der Waals surface area contributed by atoms with Crippen LogP contribution < -0.4 is 25.4 Å². The number of carbonyl (C=O) groups excluding carboxylic acids is 1. The monoisotopic (exact) mass is 501 g/mol. The molecule has 8 nitrogen and oxygen atoms in total. The van der Waals surface area contributed by atoms with E-state index in [1.807, 2.05) is 0 Å². The second-order valence-electron chi connectivity index (χ2n) is 7.42. The molecule has 36 heavy (non-hydrogen) atoms. The number of aromatic nitrogens is 2. The van der Waals surface area contributed by atoms with Gasteiger partial charge in [-0.25, -0.2) is 19.2 Å². The number of benzene rings is 3. The number of ether oxygens (including phenoxy) is 2. The highest BCUT2D eigenvalue weighted by molar-refractivity contribution is 6.07. The number of amides is 2. The van der Waals surface area contributed by atoms with Crippen molar-refractivity contribution >= 4 is 39.8 Å². The molecule has 0 aliphatic carbocycles. The summed E-state index contributed by atoms with van der Waals surface area (Å²) in [6, 6.07) is 11.0. The third kappa shape index (κ3) is 5.37. The molecule has 0 spiro atoms. The third-order valence-electron chi connectivity index (χ3n) is 5.06. The number of alkyl halides is 3. The SMILES string of the molecule is COc1cc(Nc2ncnc3c(NC(=O)Nc4ccc(F)cc4C(F)(F)F)cccc23)cc(OC)c1. The molecular formula is C24H19F4N5O3. The molecule has 0 bridgehead atoms. The van der Waals surface area contributed by atoms with Gasteiger partial charge < -0.3 is 25.4 Å². The molecule has 1 heterocycles. The topological polar surface area (TPSA) is 97.4 Å². The number of nitrogens with one attached hydrogen (secondary N) is 3. The van der Waals surface area contributed by atoms with Gasteiger partial charge in [-0.15, -0.1) is 0 Å². The van der Waals surface area contributed by atoms with Crippen LogP contribution >= 0.6 is 0 Å². The molecule has 12 heteroatoms. The lowest BCUT2D eigenvalue weighted by atomic mass is 10.1. The van der Waals surface area contributed by atoms with Gasteiger partial charge in [0.2, 0.25) is 0 Å². The Bertz CT molecular complexity index is 1410. The van der Waals surface area contributed by atoms with Gasteiger partial charge in [0.25, 0.3) is 0 Å². The molecule has 0 saturated carbocycles. The molecule has 2 amide bonds. The Morgan fingerprint density at radius 2 is 1.58 bits per heavy atom. The van der Waals surface area contributed by atoms with E-state index >= 15 is 0 Å². The van der Waals surface area contributed by atoms with E-state index in [4.69, 9.17) is 9.47 Å². The van der Waals surface area contributed by atoms with Crippen LogP contribution in [0, 0.1) is 5.82 Å². The van der Waals surface area contributed by atoms with E-state index in [2.05, 4.69) is 25.9 Å². The van der Waals surface area contributed by atoms with Crippen molar-refractivity contribution in [3.63, 3.8) is 0 Å². The average molecular weight is 501 g/mol. The Kier molecular flexibility index (Phi) is 6.77. The molecule has 0 saturated heterocycles. The number of hydrogen-bond donors (Lipinski definition) is 3. The number of rotatable bonds is 6. The molecule has 0 aliphatic rings. The summed E-state index contributed by atoms with van der Waals surface area (Å²) in [5.41, 5.74) is -0.744. The summed E-state index contributed by atoms with van der Waals surface area (Å²) in [7, 11) is 3.04. The van der Waals surface area contributed by atoms with Gasteiger partial charge in [0.15, 0.2) is 0 Å². The lowest BCUT2D eigenvalue weighted by molar-refractivity contribution is -0.137. The molecule has 0 radical (unpaired) electrons. The zero-order chi connectivity index (χ0) is 25.9. The Labute approximate surface area is 202 Å². The molecular weight excluding hydrogens is 482 g/mol. The first-order chi connectivity index (χ1) is 17.2. The minimum absolute atomic E-state index is 0.217. The molecule has 3 N–H and O–H groups in total. The third-order valence-corrected chi connectivity index (χ3v) is 5.06. The van der Waals surface area contributed by atoms with E-state index in [0.29, 0.717) is 40.0 Å². The maximum absolute atomic E-state index is 13.4. The minimum Gasteiger partial charge on any atom is -0.497 e. The number of urea groups is 1. The van der Waals surface area contributed by atoms with Crippen LogP contribution in [0.5, 0.6) is 11.5 Å². The number of nitrogens with zero attached hydrogens (tertiary/aromatic N) is 2. The van der Waals surface area contributed by atoms with Crippen LogP contribution in [0.2, 0.25) is 0 Å². The Hall–Kier alpha value is -4.61. The normalized spacial score (nSPS) is 11.2. The predicted molar refractivity (Wildman–Crippen MR) is 126 cm³/mol. The first kappa shape index (κ1) is 24.5. The molecule has 0 unspecified atom stereocenters. The van der Waals surface area contributed by atoms with Crippen molar-refractivity contribution in [1.29, 1.82) is 0 Å². The number of methoxy groups -OCH3 is 2. The predicted octanol–water partition coefficient (Wildman–Crippen LogP) is 6.19. The molecule has 4 rings (SSSR count). The lowest BCUT2D eigenvalue weighted by Gasteiger charge is -2.15. The molecule has 4 aromatic rings. The van der Waals surface area contributed by atoms with Crippen molar-refractivity contribution < 1.29 is 31.8 Å². The van der Waals surface area contributed by atoms with Crippen molar-refractivity contribution in [1.82, 2.24) is 9.97 Å². The first-order valence-corrected chi connectivity index (χ1v) is 10.4. The highest BCUT2D eigenvalue weighted by Crippen LogP contribution is 2.36. The van der Waals surface area contributed by atoms with Gasteiger partial charge in [0.1, 0.15) is 29.5 Å². The number of para-hydroxylation sites is 1. The van der Waals surface area contributed by atoms with Crippen LogP contribution in [-0.2, 0) is 6.18 Å². The molecule has 0 aliphatic heterocycles. The number of halogens is 4. The fourth-order valence-corrected chi connectivity index (χ4v) is 3.44. The van der Waals surface area contributed by atoms with Crippen LogP contribution in [0.3, 0.4) is 0 Å². The fourth-order valence-electron chi connectivity index (χ4n) is 3.44. The van der Waals surface area contributed by atoms with E-state index in [1.165, 1.54) is 26.6 Å². The summed E-state index contributed by atoms with van der Waals surface area (Å²) in [5.74, 6) is 0.423. The van der Waals surface area contributed by atoms with E-state index < -0.39 is 29.3 Å². The van der Waals surface area contributed by atoms with Gasteiger partial charge in [0, 0.05) is 29.3 Å². The van der Waals surface area contributed by atoms with Crippen molar-refractivity contribution in [3.05, 3.63) is 72.3 Å². The van der Waals surface area contributed by atoms with Crippen LogP contribution in [0.4, 0.5) is 45.2 Å². The summed E-state index contributed by atoms with van der Waals surface area (Å²) < 4.78 is 63.7. The van der Waals surface area contributed by atoms with Crippen LogP contribution in [0.1, 0.15) is 5.56 Å². The van der Waals surface area contributed by atoms with E-state index in [-0.39, 0.29) is 5.69 Å². The van der Waals surface area contributed by atoms with E-state index in [9.17, 15) is 22.4 Å². The lowest BCUT2D eigenvalue weighted by Crippen LogP contribution is -2.22. The highest BCUT2D eigenvalue weighted by Gasteiger charge is 2.34. The first-order valence-electron chi connectivity index (χ1n) is 10.4. The highest BCUT2D eigenvalue weighted by atomic mass is 19.4. The van der Waals surface area contributed by atoms with Gasteiger partial charge in [-0.2, -0.15) is 13.2 Å². The molecule has 0 atom stereocenters. The molecule has 186 valence electrons. The Balaban J connectivity index is 1.61. The maximum atomic E-state index is 13.4. The summed E-state index contributed by atoms with van der Waals surface area (Å²) in [6.45, 7) is 0. The van der Waals surface area contributed by atoms with Crippen molar-refractivity contribution in [2.75, 3.05) is 30.2 Å². The second-order valence-corrected chi connectivity index (χ2v) is 7.42. The fraction of sp³-hybridized carbons (Fsp3) is 0.125. The van der Waals surface area contributed by atoms with E-state index in [1.54, 1.807) is 30.3 Å². The summed E-state index contributed by atoms with van der Waals surface area (Å²) in [5, 5.41) is 8.27. The number of fused-ring (bicyclic) bond motifs is 1. The van der Waals surface area contributed by atoms with Crippen molar-refractivity contribution in [2.24, 2.45) is 0 Å². The Morgan fingerprint density at radius 3 is 2.25 bits per heavy atom. The van der Waals surface area contributed by atoms with Gasteiger partial charge in [0.05, 0.1) is 36.7 Å². The largest absolute Gasteiger partial charge is 0.497 e. The van der Waals surface area contributed by atoms with E-state index in [0.717, 1.165) is 12.1 Å². The summed E-state index contributed by atoms with van der Waals surface area (Å²) in [6.07, 6.45) is -3.59. The van der Waals surface area contributed by atoms with Crippen LogP contribution in [0.25, 0.3) is 10.9 Å². The van der Waals surface area contributed by atoms with Gasteiger partial charge in [-0.1, -0.05) is 6.07 Å². The molecule has 3 aromatic carbocycles. The summed E-state index contributed by atoms with van der Waals surface area (Å²) in [4.78, 5) is 21.0. The van der Waals surface area contributed by atoms with Gasteiger partial charge >= 0.3 is 12.2 Å². The van der Waals surface area contributed by atoms with Crippen LogP contribution in [0.15, 0.2) is 60.9 Å². The quantitative estimate of drug-likeness (QED) is 0.273. The molecule has 0 fully saturated rings. The van der Waals surface area contributed by atoms with Crippen molar-refractivity contribution in [2.45, 2.75) is 6.18 Å². The minimum atomic E-state index is -4.86. The number of hydrogen-bond acceptors (Lipinski definition) is 6. The zero-order valence-electron chi connectivity index (χ0n) is 18.9. The average Bonchev–Trinajstić information content (AvgIpc) is 2.84. The second kappa shape index (κ2) is 9.94. The maximum Gasteiger partial charge on any atom is 0.418 e. The summed E-state index contributed by atoms with van der Waals surface area (Å²) >= 11 is 0. The zero-order valence-corrected chi connectivity index (χ0v) is 18.9. The number of carbonyl (C=O) groups is 1. The smallest absolute Gasteiger partial charge is 0.418 e.